The Morgan fingerprint density at radius 3 is 2.46 bits per heavy atom. The Morgan fingerprint density at radius 2 is 2.08 bits per heavy atom. The summed E-state index contributed by atoms with van der Waals surface area (Å²) in [5.41, 5.74) is 4.26. The number of halogens is 3. The van der Waals surface area contributed by atoms with E-state index in [9.17, 15) is 13.2 Å². The third kappa shape index (κ3) is 1.80. The van der Waals surface area contributed by atoms with Gasteiger partial charge >= 0.3 is 6.18 Å². The van der Waals surface area contributed by atoms with Crippen molar-refractivity contribution in [3.05, 3.63) is 30.0 Å². The van der Waals surface area contributed by atoms with Gasteiger partial charge in [-0.15, -0.1) is 0 Å². The third-order valence-corrected chi connectivity index (χ3v) is 1.53. The molecular weight excluding hydrogens is 181 g/mol. The van der Waals surface area contributed by atoms with E-state index < -0.39 is 11.7 Å². The van der Waals surface area contributed by atoms with Crippen molar-refractivity contribution in [3.63, 3.8) is 0 Å². The summed E-state index contributed by atoms with van der Waals surface area (Å²) >= 11 is 0. The zero-order chi connectivity index (χ0) is 10.1. The van der Waals surface area contributed by atoms with Crippen molar-refractivity contribution in [2.45, 2.75) is 6.18 Å². The maximum Gasteiger partial charge on any atom is 0.417 e. The van der Waals surface area contributed by atoms with Crippen molar-refractivity contribution >= 4 is 11.9 Å². The molecule has 0 fully saturated rings. The predicted octanol–water partition coefficient (Wildman–Crippen LogP) is 2.33. The van der Waals surface area contributed by atoms with E-state index in [1.165, 1.54) is 0 Å². The summed E-state index contributed by atoms with van der Waals surface area (Å²) in [6, 6.07) is 0.868. The van der Waals surface area contributed by atoms with Gasteiger partial charge in [0.15, 0.2) is 0 Å². The SMILES string of the molecule is C=Cc1c(C(F)(F)F)ccnc1N. The molecule has 0 aromatic carbocycles. The molecule has 0 aliphatic heterocycles. The number of alkyl halides is 3. The lowest BCUT2D eigenvalue weighted by Gasteiger charge is -2.10. The Morgan fingerprint density at radius 1 is 1.46 bits per heavy atom. The highest BCUT2D eigenvalue weighted by molar-refractivity contribution is 5.63. The van der Waals surface area contributed by atoms with E-state index >= 15 is 0 Å². The molecular formula is C8H7F3N2. The molecule has 0 radical (unpaired) electrons. The van der Waals surface area contributed by atoms with Crippen molar-refractivity contribution in [2.24, 2.45) is 0 Å². The summed E-state index contributed by atoms with van der Waals surface area (Å²) in [7, 11) is 0. The van der Waals surface area contributed by atoms with Crippen LogP contribution in [0.5, 0.6) is 0 Å². The van der Waals surface area contributed by atoms with Crippen LogP contribution in [0.3, 0.4) is 0 Å². The minimum Gasteiger partial charge on any atom is -0.383 e. The zero-order valence-electron chi connectivity index (χ0n) is 6.60. The summed E-state index contributed by atoms with van der Waals surface area (Å²) in [5.74, 6) is -0.162. The number of nitrogens with zero attached hydrogens (tertiary/aromatic N) is 1. The number of hydrogen-bond donors (Lipinski definition) is 1. The van der Waals surface area contributed by atoms with Gasteiger partial charge in [-0.1, -0.05) is 12.7 Å². The van der Waals surface area contributed by atoms with Gasteiger partial charge in [-0.25, -0.2) is 4.98 Å². The van der Waals surface area contributed by atoms with Gasteiger partial charge < -0.3 is 5.73 Å². The Kier molecular flexibility index (Phi) is 2.27. The van der Waals surface area contributed by atoms with Crippen LogP contribution >= 0.6 is 0 Å². The Balaban J connectivity index is 3.37. The summed E-state index contributed by atoms with van der Waals surface area (Å²) < 4.78 is 36.9. The van der Waals surface area contributed by atoms with Gasteiger partial charge in [0.1, 0.15) is 5.82 Å². The second-order valence-electron chi connectivity index (χ2n) is 2.36. The summed E-state index contributed by atoms with van der Waals surface area (Å²) in [6.07, 6.45) is -2.35. The fraction of sp³-hybridized carbons (Fsp3) is 0.125. The van der Waals surface area contributed by atoms with E-state index in [1.807, 2.05) is 0 Å². The molecule has 1 heterocycles. The minimum atomic E-state index is -4.42. The molecule has 0 amide bonds. The van der Waals surface area contributed by atoms with Crippen molar-refractivity contribution in [3.8, 4) is 0 Å². The summed E-state index contributed by atoms with van der Waals surface area (Å²) in [4.78, 5) is 3.53. The van der Waals surface area contributed by atoms with Crippen LogP contribution in [-0.2, 0) is 6.18 Å². The lowest BCUT2D eigenvalue weighted by Crippen LogP contribution is -2.09. The summed E-state index contributed by atoms with van der Waals surface area (Å²) in [6.45, 7) is 3.25. The number of hydrogen-bond acceptors (Lipinski definition) is 2. The smallest absolute Gasteiger partial charge is 0.383 e. The highest BCUT2D eigenvalue weighted by Gasteiger charge is 2.33. The van der Waals surface area contributed by atoms with E-state index in [4.69, 9.17) is 5.73 Å². The predicted molar refractivity (Wildman–Crippen MR) is 43.7 cm³/mol. The largest absolute Gasteiger partial charge is 0.417 e. The molecule has 0 aliphatic rings. The number of nitrogens with two attached hydrogens (primary N) is 1. The fourth-order valence-corrected chi connectivity index (χ4v) is 0.951. The normalized spacial score (nSPS) is 11.3. The first-order valence-corrected chi connectivity index (χ1v) is 3.41. The first kappa shape index (κ1) is 9.57. The number of aromatic nitrogens is 1. The molecule has 0 aliphatic carbocycles. The van der Waals surface area contributed by atoms with E-state index in [2.05, 4.69) is 11.6 Å². The lowest BCUT2D eigenvalue weighted by molar-refractivity contribution is -0.137. The van der Waals surface area contributed by atoms with E-state index in [1.54, 1.807) is 0 Å². The van der Waals surface area contributed by atoms with Crippen LogP contribution in [0.2, 0.25) is 0 Å². The van der Waals surface area contributed by atoms with Gasteiger partial charge in [0.05, 0.1) is 5.56 Å². The number of nitrogen functional groups attached to an aromatic ring is 1. The molecule has 2 N–H and O–H groups in total. The number of rotatable bonds is 1. The first-order valence-electron chi connectivity index (χ1n) is 3.41. The van der Waals surface area contributed by atoms with Crippen molar-refractivity contribution in [1.29, 1.82) is 0 Å². The minimum absolute atomic E-state index is 0.162. The standard InChI is InChI=1S/C8H7F3N2/c1-2-5-6(8(9,10)11)3-4-13-7(5)12/h2-4H,1H2,(H2,12,13). The average Bonchev–Trinajstić information content (AvgIpc) is 2.02. The zero-order valence-corrected chi connectivity index (χ0v) is 6.60. The molecule has 0 spiro atoms. The van der Waals surface area contributed by atoms with Gasteiger partial charge in [0, 0.05) is 11.8 Å². The van der Waals surface area contributed by atoms with Gasteiger partial charge in [0.2, 0.25) is 0 Å². The molecule has 0 unspecified atom stereocenters. The molecule has 0 saturated heterocycles. The van der Waals surface area contributed by atoms with Gasteiger partial charge in [-0.2, -0.15) is 13.2 Å². The van der Waals surface area contributed by atoms with Crippen LogP contribution < -0.4 is 5.73 Å². The van der Waals surface area contributed by atoms with Crippen molar-refractivity contribution in [2.75, 3.05) is 5.73 Å². The fourth-order valence-electron chi connectivity index (χ4n) is 0.951. The molecule has 1 aromatic heterocycles. The highest BCUT2D eigenvalue weighted by Crippen LogP contribution is 2.33. The van der Waals surface area contributed by atoms with Crippen LogP contribution in [0, 0.1) is 0 Å². The van der Waals surface area contributed by atoms with E-state index in [-0.39, 0.29) is 11.4 Å². The quantitative estimate of drug-likeness (QED) is 0.734. The Labute approximate surface area is 72.9 Å². The average molecular weight is 188 g/mol. The molecule has 70 valence electrons. The van der Waals surface area contributed by atoms with Crippen LogP contribution in [0.25, 0.3) is 6.08 Å². The van der Waals surface area contributed by atoms with Gasteiger partial charge in [-0.05, 0) is 6.07 Å². The third-order valence-electron chi connectivity index (χ3n) is 1.53. The second kappa shape index (κ2) is 3.08. The maximum atomic E-state index is 12.3. The molecule has 1 rings (SSSR count). The highest BCUT2D eigenvalue weighted by atomic mass is 19.4. The Hall–Kier alpha value is -1.52. The topological polar surface area (TPSA) is 38.9 Å². The van der Waals surface area contributed by atoms with Gasteiger partial charge in [0.25, 0.3) is 0 Å². The number of pyridine rings is 1. The molecule has 2 nitrogen and oxygen atoms in total. The molecule has 1 aromatic rings. The van der Waals surface area contributed by atoms with Crippen molar-refractivity contribution < 1.29 is 13.2 Å². The molecule has 0 saturated carbocycles. The summed E-state index contributed by atoms with van der Waals surface area (Å²) in [5, 5.41) is 0. The monoisotopic (exact) mass is 188 g/mol. The van der Waals surface area contributed by atoms with Crippen LogP contribution in [0.4, 0.5) is 19.0 Å². The van der Waals surface area contributed by atoms with Crippen LogP contribution in [0.1, 0.15) is 11.1 Å². The lowest BCUT2D eigenvalue weighted by atomic mass is 10.1. The first-order chi connectivity index (χ1) is 5.96. The van der Waals surface area contributed by atoms with E-state index in [0.29, 0.717) is 0 Å². The molecule has 0 atom stereocenters. The molecule has 0 bridgehead atoms. The molecule has 5 heteroatoms. The maximum absolute atomic E-state index is 12.3. The second-order valence-corrected chi connectivity index (χ2v) is 2.36. The molecule has 13 heavy (non-hydrogen) atoms. The van der Waals surface area contributed by atoms with Crippen LogP contribution in [0.15, 0.2) is 18.8 Å². The van der Waals surface area contributed by atoms with E-state index in [0.717, 1.165) is 18.3 Å². The number of anilines is 1. The van der Waals surface area contributed by atoms with Gasteiger partial charge in [-0.3, -0.25) is 0 Å². The van der Waals surface area contributed by atoms with Crippen LogP contribution in [-0.4, -0.2) is 4.98 Å². The van der Waals surface area contributed by atoms with Crippen molar-refractivity contribution in [1.82, 2.24) is 4.98 Å². The Bertz CT molecular complexity index is 331.